The summed E-state index contributed by atoms with van der Waals surface area (Å²) in [6.45, 7) is 0. The molecule has 2 N–H and O–H groups in total. The van der Waals surface area contributed by atoms with Crippen molar-refractivity contribution in [1.82, 2.24) is 15.2 Å². The molecule has 2 aromatic rings. The predicted octanol–water partition coefficient (Wildman–Crippen LogP) is 0.522. The topological polar surface area (TPSA) is 140 Å². The highest BCUT2D eigenvalue weighted by molar-refractivity contribution is 7.92. The van der Waals surface area contributed by atoms with Crippen molar-refractivity contribution >= 4 is 21.7 Å². The van der Waals surface area contributed by atoms with Crippen molar-refractivity contribution in [3.8, 4) is 6.01 Å². The van der Waals surface area contributed by atoms with Gasteiger partial charge in [-0.1, -0.05) is 0 Å². The number of sulfonamides is 1. The van der Waals surface area contributed by atoms with E-state index < -0.39 is 14.9 Å². The molecule has 106 valence electrons. The van der Waals surface area contributed by atoms with E-state index in [0.29, 0.717) is 0 Å². The van der Waals surface area contributed by atoms with Crippen molar-refractivity contribution in [2.45, 2.75) is 4.90 Å². The van der Waals surface area contributed by atoms with Gasteiger partial charge in [-0.25, -0.2) is 18.2 Å². The number of hydrogen-bond donors (Lipinski definition) is 2. The normalized spacial score (nSPS) is 11.1. The van der Waals surface area contributed by atoms with Crippen LogP contribution >= 0.6 is 0 Å². The molecule has 0 fully saturated rings. The third-order valence-corrected chi connectivity index (χ3v) is 3.59. The first-order chi connectivity index (χ1) is 9.42. The molecule has 0 radical (unpaired) electrons. The summed E-state index contributed by atoms with van der Waals surface area (Å²) in [5.41, 5.74) is -0.203. The number of hydrogen-bond acceptors (Lipinski definition) is 7. The molecule has 1 aromatic heterocycles. The molecule has 0 unspecified atom stereocenters. The lowest BCUT2D eigenvalue weighted by molar-refractivity contribution is -0.384. The number of ether oxygens (including phenoxy) is 1. The predicted molar refractivity (Wildman–Crippen MR) is 66.8 cm³/mol. The minimum absolute atomic E-state index is 0.0219. The van der Waals surface area contributed by atoms with Crippen LogP contribution < -0.4 is 9.46 Å². The van der Waals surface area contributed by atoms with Crippen molar-refractivity contribution in [3.63, 3.8) is 0 Å². The second kappa shape index (κ2) is 5.13. The molecule has 1 heterocycles. The van der Waals surface area contributed by atoms with Crippen LogP contribution in [0.4, 0.5) is 11.6 Å². The SMILES string of the molecule is COc1n[nH]c(NS(=O)(=O)c2ccc([N+](=O)[O-])cc2)n1. The number of benzene rings is 1. The lowest BCUT2D eigenvalue weighted by atomic mass is 10.3. The number of nitrogens with zero attached hydrogens (tertiary/aromatic N) is 3. The first-order valence-corrected chi connectivity index (χ1v) is 6.64. The third kappa shape index (κ3) is 2.83. The molecule has 1 aromatic carbocycles. The van der Waals surface area contributed by atoms with Crippen LogP contribution in [0.2, 0.25) is 0 Å². The molecule has 20 heavy (non-hydrogen) atoms. The smallest absolute Gasteiger partial charge is 0.336 e. The van der Waals surface area contributed by atoms with E-state index in [1.165, 1.54) is 7.11 Å². The molecule has 0 atom stereocenters. The molecule has 0 bridgehead atoms. The molecule has 0 aliphatic heterocycles. The zero-order valence-electron chi connectivity index (χ0n) is 10.1. The number of nitro groups is 1. The molecule has 0 saturated heterocycles. The number of aromatic nitrogens is 3. The number of methoxy groups -OCH3 is 1. The van der Waals surface area contributed by atoms with E-state index in [1.807, 2.05) is 0 Å². The van der Waals surface area contributed by atoms with Crippen LogP contribution in [-0.4, -0.2) is 35.6 Å². The minimum atomic E-state index is -3.91. The zero-order chi connectivity index (χ0) is 14.8. The molecular weight excluding hydrogens is 290 g/mol. The highest BCUT2D eigenvalue weighted by Gasteiger charge is 2.18. The summed E-state index contributed by atoms with van der Waals surface area (Å²) in [6.07, 6.45) is 0. The van der Waals surface area contributed by atoms with Gasteiger partial charge in [-0.15, -0.1) is 5.10 Å². The van der Waals surface area contributed by atoms with Crippen molar-refractivity contribution in [3.05, 3.63) is 34.4 Å². The number of H-pyrrole nitrogens is 1. The maximum Gasteiger partial charge on any atom is 0.336 e. The van der Waals surface area contributed by atoms with Gasteiger partial charge >= 0.3 is 6.01 Å². The molecular formula is C9H9N5O5S. The quantitative estimate of drug-likeness (QED) is 0.605. The summed E-state index contributed by atoms with van der Waals surface area (Å²) in [5.74, 6) is -0.125. The molecule has 2 rings (SSSR count). The fourth-order valence-electron chi connectivity index (χ4n) is 1.32. The van der Waals surface area contributed by atoms with Crippen LogP contribution in [0, 0.1) is 10.1 Å². The summed E-state index contributed by atoms with van der Waals surface area (Å²) < 4.78 is 30.8. The van der Waals surface area contributed by atoms with Crippen molar-refractivity contribution in [1.29, 1.82) is 0 Å². The van der Waals surface area contributed by atoms with E-state index in [2.05, 4.69) is 19.9 Å². The van der Waals surface area contributed by atoms with E-state index in [0.717, 1.165) is 24.3 Å². The summed E-state index contributed by atoms with van der Waals surface area (Å²) >= 11 is 0. The Morgan fingerprint density at radius 2 is 2.00 bits per heavy atom. The van der Waals surface area contributed by atoms with Gasteiger partial charge < -0.3 is 4.74 Å². The fourth-order valence-corrected chi connectivity index (χ4v) is 2.27. The molecule has 0 aliphatic carbocycles. The Labute approximate surface area is 113 Å². The van der Waals surface area contributed by atoms with Crippen LogP contribution in [0.5, 0.6) is 6.01 Å². The van der Waals surface area contributed by atoms with Crippen molar-refractivity contribution < 1.29 is 18.1 Å². The summed E-state index contributed by atoms with van der Waals surface area (Å²) in [7, 11) is -2.58. The van der Waals surface area contributed by atoms with Gasteiger partial charge in [0.2, 0.25) is 5.95 Å². The van der Waals surface area contributed by atoms with Crippen LogP contribution in [-0.2, 0) is 10.0 Å². The lowest BCUT2D eigenvalue weighted by Crippen LogP contribution is -2.14. The monoisotopic (exact) mass is 299 g/mol. The third-order valence-electron chi connectivity index (χ3n) is 2.24. The van der Waals surface area contributed by atoms with E-state index in [9.17, 15) is 18.5 Å². The summed E-state index contributed by atoms with van der Waals surface area (Å²) in [4.78, 5) is 13.4. The Bertz CT molecular complexity index is 723. The van der Waals surface area contributed by atoms with E-state index in [4.69, 9.17) is 4.74 Å². The number of aromatic amines is 1. The second-order valence-electron chi connectivity index (χ2n) is 3.53. The van der Waals surface area contributed by atoms with Crippen LogP contribution in [0.25, 0.3) is 0 Å². The van der Waals surface area contributed by atoms with Gasteiger partial charge in [0.15, 0.2) is 0 Å². The Kier molecular flexibility index (Phi) is 3.52. The molecule has 0 amide bonds. The lowest BCUT2D eigenvalue weighted by Gasteiger charge is -2.04. The van der Waals surface area contributed by atoms with Gasteiger partial charge in [0.1, 0.15) is 0 Å². The molecule has 0 aliphatic rings. The average molecular weight is 299 g/mol. The Balaban J connectivity index is 2.23. The minimum Gasteiger partial charge on any atom is -0.466 e. The Hall–Kier alpha value is -2.69. The maximum absolute atomic E-state index is 12.0. The highest BCUT2D eigenvalue weighted by Crippen LogP contribution is 2.18. The van der Waals surface area contributed by atoms with Crippen molar-refractivity contribution in [2.24, 2.45) is 0 Å². The zero-order valence-corrected chi connectivity index (χ0v) is 10.9. The number of non-ortho nitro benzene ring substituents is 1. The second-order valence-corrected chi connectivity index (χ2v) is 5.21. The first-order valence-electron chi connectivity index (χ1n) is 5.16. The van der Waals surface area contributed by atoms with E-state index in [1.54, 1.807) is 0 Å². The van der Waals surface area contributed by atoms with Gasteiger partial charge in [0.05, 0.1) is 16.9 Å². The molecule has 0 saturated carbocycles. The number of nitrogens with one attached hydrogen (secondary N) is 2. The van der Waals surface area contributed by atoms with Gasteiger partial charge in [-0.05, 0) is 12.1 Å². The molecule has 10 nitrogen and oxygen atoms in total. The largest absolute Gasteiger partial charge is 0.466 e. The van der Waals surface area contributed by atoms with Gasteiger partial charge in [-0.2, -0.15) is 4.98 Å². The average Bonchev–Trinajstić information content (AvgIpc) is 2.85. The number of nitro benzene ring substituents is 1. The molecule has 11 heteroatoms. The van der Waals surface area contributed by atoms with Gasteiger partial charge in [0.25, 0.3) is 15.7 Å². The molecule has 0 spiro atoms. The maximum atomic E-state index is 12.0. The van der Waals surface area contributed by atoms with Gasteiger partial charge in [-0.3, -0.25) is 10.1 Å². The number of anilines is 1. The standard InChI is InChI=1S/C9H9N5O5S/c1-19-9-10-8(11-12-9)13-20(17,18)7-4-2-6(3-5-7)14(15)16/h2-5H,1H3,(H2,10,11,12,13). The van der Waals surface area contributed by atoms with Crippen molar-refractivity contribution in [2.75, 3.05) is 11.8 Å². The summed E-state index contributed by atoms with van der Waals surface area (Å²) in [6, 6.07) is 4.40. The van der Waals surface area contributed by atoms with E-state index >= 15 is 0 Å². The number of rotatable bonds is 5. The van der Waals surface area contributed by atoms with Crippen LogP contribution in [0.1, 0.15) is 0 Å². The highest BCUT2D eigenvalue weighted by atomic mass is 32.2. The Morgan fingerprint density at radius 1 is 1.35 bits per heavy atom. The fraction of sp³-hybridized carbons (Fsp3) is 0.111. The first kappa shape index (κ1) is 13.7. The van der Waals surface area contributed by atoms with Crippen LogP contribution in [0.3, 0.4) is 0 Å². The van der Waals surface area contributed by atoms with Gasteiger partial charge in [0, 0.05) is 12.1 Å². The Morgan fingerprint density at radius 3 is 2.50 bits per heavy atom. The van der Waals surface area contributed by atoms with Crippen LogP contribution in [0.15, 0.2) is 29.2 Å². The summed E-state index contributed by atoms with van der Waals surface area (Å²) in [5, 5.41) is 16.4. The van der Waals surface area contributed by atoms with E-state index in [-0.39, 0.29) is 22.5 Å².